The van der Waals surface area contributed by atoms with Crippen molar-refractivity contribution in [2.45, 2.75) is 31.5 Å². The molecule has 0 aliphatic carbocycles. The van der Waals surface area contributed by atoms with Crippen LogP contribution in [-0.4, -0.2) is 43.1 Å². The molecule has 0 bridgehead atoms. The minimum Gasteiger partial charge on any atom is -0.365 e. The molecular formula is C28H29FN2O2. The lowest BCUT2D eigenvalue weighted by atomic mass is 10.00. The zero-order chi connectivity index (χ0) is 22.6. The first-order valence-electron chi connectivity index (χ1n) is 11.7. The number of anilines is 1. The monoisotopic (exact) mass is 444 g/mol. The minimum absolute atomic E-state index is 0.0578. The van der Waals surface area contributed by atoms with Gasteiger partial charge in [0, 0.05) is 31.9 Å². The fourth-order valence-corrected chi connectivity index (χ4v) is 4.90. The zero-order valence-electron chi connectivity index (χ0n) is 18.7. The minimum atomic E-state index is -0.283. The number of hydrogen-bond donors (Lipinski definition) is 0. The van der Waals surface area contributed by atoms with Gasteiger partial charge >= 0.3 is 0 Å². The van der Waals surface area contributed by atoms with Crippen LogP contribution < -0.4 is 4.90 Å². The summed E-state index contributed by atoms with van der Waals surface area (Å²) in [4.78, 5) is 16.6. The first-order valence-corrected chi connectivity index (χ1v) is 11.7. The predicted molar refractivity (Wildman–Crippen MR) is 128 cm³/mol. The first kappa shape index (κ1) is 21.8. The third-order valence-corrected chi connectivity index (χ3v) is 6.68. The maximum atomic E-state index is 13.5. The summed E-state index contributed by atoms with van der Waals surface area (Å²) in [6, 6.07) is 25.5. The second-order valence-corrected chi connectivity index (χ2v) is 8.87. The standard InChI is InChI=1S/C28H29FN2O2/c29-24-11-12-26-23(19-24)20-27(32)31(26)18-17-30-15-13-25(14-16-30)33-28(21-7-3-1-4-8-21)22-9-5-2-6-10-22/h1-12,19,25,28H,13-18,20H2. The molecule has 1 saturated heterocycles. The number of carbonyl (C=O) groups excluding carboxylic acids is 1. The molecule has 170 valence electrons. The predicted octanol–water partition coefficient (Wildman–Crippen LogP) is 4.99. The van der Waals surface area contributed by atoms with Crippen LogP contribution in [0.3, 0.4) is 0 Å². The van der Waals surface area contributed by atoms with E-state index in [-0.39, 0.29) is 23.9 Å². The van der Waals surface area contributed by atoms with E-state index in [4.69, 9.17) is 4.74 Å². The molecule has 1 amide bonds. The van der Waals surface area contributed by atoms with Gasteiger partial charge in [0.25, 0.3) is 0 Å². The Kier molecular flexibility index (Phi) is 6.51. The van der Waals surface area contributed by atoms with Crippen molar-refractivity contribution in [3.05, 3.63) is 101 Å². The lowest BCUT2D eigenvalue weighted by molar-refractivity contribution is -0.117. The van der Waals surface area contributed by atoms with Gasteiger partial charge in [0.05, 0.1) is 12.5 Å². The lowest BCUT2D eigenvalue weighted by Crippen LogP contribution is -2.42. The quantitative estimate of drug-likeness (QED) is 0.515. The van der Waals surface area contributed by atoms with Gasteiger partial charge in [0.1, 0.15) is 11.9 Å². The van der Waals surface area contributed by atoms with Gasteiger partial charge in [0.15, 0.2) is 0 Å². The van der Waals surface area contributed by atoms with Gasteiger partial charge in [-0.05, 0) is 47.7 Å². The summed E-state index contributed by atoms with van der Waals surface area (Å²) in [5.74, 6) is -0.225. The van der Waals surface area contributed by atoms with E-state index in [0.29, 0.717) is 13.0 Å². The van der Waals surface area contributed by atoms with Crippen molar-refractivity contribution in [3.63, 3.8) is 0 Å². The molecular weight excluding hydrogens is 415 g/mol. The highest BCUT2D eigenvalue weighted by molar-refractivity contribution is 6.01. The van der Waals surface area contributed by atoms with Crippen molar-refractivity contribution in [1.82, 2.24) is 4.90 Å². The summed E-state index contributed by atoms with van der Waals surface area (Å²) in [6.45, 7) is 3.34. The van der Waals surface area contributed by atoms with Crippen LogP contribution in [0.25, 0.3) is 0 Å². The topological polar surface area (TPSA) is 32.8 Å². The van der Waals surface area contributed by atoms with Crippen molar-refractivity contribution in [1.29, 1.82) is 0 Å². The Bertz CT molecular complexity index is 1040. The van der Waals surface area contributed by atoms with Crippen LogP contribution in [0.5, 0.6) is 0 Å². The molecule has 0 spiro atoms. The number of likely N-dealkylation sites (tertiary alicyclic amines) is 1. The maximum absolute atomic E-state index is 13.5. The van der Waals surface area contributed by atoms with Crippen LogP contribution in [0.2, 0.25) is 0 Å². The normalized spacial score (nSPS) is 17.0. The molecule has 0 saturated carbocycles. The SMILES string of the molecule is O=C1Cc2cc(F)ccc2N1CCN1CCC(OC(c2ccccc2)c2ccccc2)CC1. The molecule has 0 aromatic heterocycles. The highest BCUT2D eigenvalue weighted by atomic mass is 19.1. The molecule has 2 heterocycles. The second kappa shape index (κ2) is 9.86. The number of benzene rings is 3. The molecule has 2 aliphatic heterocycles. The van der Waals surface area contributed by atoms with Crippen LogP contribution >= 0.6 is 0 Å². The number of carbonyl (C=O) groups is 1. The van der Waals surface area contributed by atoms with Crippen LogP contribution in [0.1, 0.15) is 35.6 Å². The van der Waals surface area contributed by atoms with Crippen LogP contribution in [-0.2, 0) is 16.0 Å². The number of amides is 1. The molecule has 33 heavy (non-hydrogen) atoms. The first-order chi connectivity index (χ1) is 16.2. The Labute approximate surface area is 194 Å². The molecule has 3 aromatic rings. The Morgan fingerprint density at radius 2 is 1.52 bits per heavy atom. The largest absolute Gasteiger partial charge is 0.365 e. The van der Waals surface area contributed by atoms with E-state index >= 15 is 0 Å². The highest BCUT2D eigenvalue weighted by Gasteiger charge is 2.29. The van der Waals surface area contributed by atoms with Crippen molar-refractivity contribution in [2.24, 2.45) is 0 Å². The molecule has 5 heteroatoms. The summed E-state index contributed by atoms with van der Waals surface area (Å²) < 4.78 is 20.1. The van der Waals surface area contributed by atoms with Gasteiger partial charge in [0.2, 0.25) is 5.91 Å². The molecule has 3 aromatic carbocycles. The number of rotatable bonds is 7. The number of halogens is 1. The number of nitrogens with zero attached hydrogens (tertiary/aromatic N) is 2. The zero-order valence-corrected chi connectivity index (χ0v) is 18.7. The highest BCUT2D eigenvalue weighted by Crippen LogP contribution is 2.31. The Hall–Kier alpha value is -3.02. The van der Waals surface area contributed by atoms with Crippen LogP contribution in [0.4, 0.5) is 10.1 Å². The van der Waals surface area contributed by atoms with E-state index in [1.807, 2.05) is 12.1 Å². The number of fused-ring (bicyclic) bond motifs is 1. The number of hydrogen-bond acceptors (Lipinski definition) is 3. The second-order valence-electron chi connectivity index (χ2n) is 8.87. The third kappa shape index (κ3) is 5.00. The lowest BCUT2D eigenvalue weighted by Gasteiger charge is -2.35. The Morgan fingerprint density at radius 3 is 2.15 bits per heavy atom. The van der Waals surface area contributed by atoms with Gasteiger partial charge < -0.3 is 14.5 Å². The Balaban J connectivity index is 1.17. The molecule has 5 rings (SSSR count). The third-order valence-electron chi connectivity index (χ3n) is 6.68. The fourth-order valence-electron chi connectivity index (χ4n) is 4.90. The average Bonchev–Trinajstić information content (AvgIpc) is 3.16. The summed E-state index contributed by atoms with van der Waals surface area (Å²) in [6.07, 6.45) is 2.35. The fraction of sp³-hybridized carbons (Fsp3) is 0.321. The van der Waals surface area contributed by atoms with Crippen LogP contribution in [0.15, 0.2) is 78.9 Å². The van der Waals surface area contributed by atoms with Crippen LogP contribution in [0, 0.1) is 5.82 Å². The number of ether oxygens (including phenoxy) is 1. The summed E-state index contributed by atoms with van der Waals surface area (Å²) in [5, 5.41) is 0. The summed E-state index contributed by atoms with van der Waals surface area (Å²) >= 11 is 0. The molecule has 2 aliphatic rings. The van der Waals surface area contributed by atoms with Crippen molar-refractivity contribution >= 4 is 11.6 Å². The van der Waals surface area contributed by atoms with E-state index in [1.54, 1.807) is 11.0 Å². The molecule has 0 N–H and O–H groups in total. The maximum Gasteiger partial charge on any atom is 0.231 e. The van der Waals surface area contributed by atoms with Gasteiger partial charge in [-0.2, -0.15) is 0 Å². The summed E-state index contributed by atoms with van der Waals surface area (Å²) in [7, 11) is 0. The molecule has 0 atom stereocenters. The van der Waals surface area contributed by atoms with Gasteiger partial charge in [-0.25, -0.2) is 4.39 Å². The van der Waals surface area contributed by atoms with E-state index in [1.165, 1.54) is 23.3 Å². The average molecular weight is 445 g/mol. The van der Waals surface area contributed by atoms with Crippen molar-refractivity contribution < 1.29 is 13.9 Å². The Morgan fingerprint density at radius 1 is 0.879 bits per heavy atom. The van der Waals surface area contributed by atoms with Gasteiger partial charge in [-0.3, -0.25) is 4.79 Å². The van der Waals surface area contributed by atoms with E-state index in [2.05, 4.69) is 53.4 Å². The number of piperidine rings is 1. The molecule has 4 nitrogen and oxygen atoms in total. The smallest absolute Gasteiger partial charge is 0.231 e. The molecule has 0 radical (unpaired) electrons. The van der Waals surface area contributed by atoms with E-state index in [9.17, 15) is 9.18 Å². The van der Waals surface area contributed by atoms with Crippen molar-refractivity contribution in [3.8, 4) is 0 Å². The van der Waals surface area contributed by atoms with Crippen molar-refractivity contribution in [2.75, 3.05) is 31.1 Å². The van der Waals surface area contributed by atoms with E-state index in [0.717, 1.165) is 43.7 Å². The van der Waals surface area contributed by atoms with Gasteiger partial charge in [-0.15, -0.1) is 0 Å². The molecule has 0 unspecified atom stereocenters. The molecule has 1 fully saturated rings. The summed E-state index contributed by atoms with van der Waals surface area (Å²) in [5.41, 5.74) is 4.00. The van der Waals surface area contributed by atoms with Gasteiger partial charge in [-0.1, -0.05) is 60.7 Å². The van der Waals surface area contributed by atoms with E-state index < -0.39 is 0 Å².